The van der Waals surface area contributed by atoms with Crippen LogP contribution in [0, 0.1) is 0 Å². The SMILES string of the molecule is O=C(c1ccc(Cl)c(S(=O)(=O)N2CCOCC2)c1)N1CCC(O)CC1. The number of aliphatic hydroxyl groups excluding tert-OH is 1. The first-order valence-electron chi connectivity index (χ1n) is 8.24. The predicted molar refractivity (Wildman–Crippen MR) is 92.2 cm³/mol. The van der Waals surface area contributed by atoms with Crippen LogP contribution in [0.15, 0.2) is 23.1 Å². The molecule has 0 spiro atoms. The van der Waals surface area contributed by atoms with Crippen molar-refractivity contribution in [2.45, 2.75) is 23.8 Å². The standard InChI is InChI=1S/C16H21ClN2O5S/c17-14-2-1-12(16(21)18-5-3-13(20)4-6-18)11-15(14)25(22,23)19-7-9-24-10-8-19/h1-2,11,13,20H,3-10H2. The number of benzene rings is 1. The summed E-state index contributed by atoms with van der Waals surface area (Å²) in [6, 6.07) is 4.33. The van der Waals surface area contributed by atoms with E-state index in [9.17, 15) is 18.3 Å². The Labute approximate surface area is 152 Å². The minimum atomic E-state index is -3.78. The number of aliphatic hydroxyl groups is 1. The molecule has 138 valence electrons. The topological polar surface area (TPSA) is 87.2 Å². The highest BCUT2D eigenvalue weighted by Gasteiger charge is 2.30. The van der Waals surface area contributed by atoms with E-state index in [0.29, 0.717) is 39.1 Å². The normalized spacial score (nSPS) is 20.6. The first-order valence-corrected chi connectivity index (χ1v) is 10.1. The molecular weight excluding hydrogens is 368 g/mol. The maximum atomic E-state index is 12.8. The van der Waals surface area contributed by atoms with E-state index in [4.69, 9.17) is 16.3 Å². The van der Waals surface area contributed by atoms with Crippen LogP contribution in [-0.4, -0.2) is 74.1 Å². The zero-order valence-electron chi connectivity index (χ0n) is 13.7. The zero-order chi connectivity index (χ0) is 18.0. The molecule has 1 amide bonds. The molecule has 0 unspecified atom stereocenters. The molecule has 7 nitrogen and oxygen atoms in total. The van der Waals surface area contributed by atoms with Gasteiger partial charge in [0.05, 0.1) is 24.3 Å². The largest absolute Gasteiger partial charge is 0.393 e. The van der Waals surface area contributed by atoms with E-state index in [1.54, 1.807) is 4.90 Å². The molecule has 2 aliphatic heterocycles. The van der Waals surface area contributed by atoms with Crippen LogP contribution in [0.5, 0.6) is 0 Å². The maximum Gasteiger partial charge on any atom is 0.253 e. The number of nitrogens with zero attached hydrogens (tertiary/aromatic N) is 2. The third kappa shape index (κ3) is 3.98. The molecule has 0 atom stereocenters. The molecule has 9 heteroatoms. The second kappa shape index (κ2) is 7.59. The highest BCUT2D eigenvalue weighted by molar-refractivity contribution is 7.89. The highest BCUT2D eigenvalue weighted by Crippen LogP contribution is 2.27. The summed E-state index contributed by atoms with van der Waals surface area (Å²) >= 11 is 6.11. The Bertz CT molecular complexity index is 741. The first-order chi connectivity index (χ1) is 11.9. The number of ether oxygens (including phenoxy) is 1. The van der Waals surface area contributed by atoms with E-state index in [0.717, 1.165) is 0 Å². The summed E-state index contributed by atoms with van der Waals surface area (Å²) in [5.41, 5.74) is 0.285. The lowest BCUT2D eigenvalue weighted by molar-refractivity contribution is 0.0546. The molecular formula is C16H21ClN2O5S. The van der Waals surface area contributed by atoms with E-state index >= 15 is 0 Å². The summed E-state index contributed by atoms with van der Waals surface area (Å²) in [5, 5.41) is 9.65. The third-order valence-corrected chi connectivity index (χ3v) is 6.90. The molecule has 1 aromatic carbocycles. The number of carbonyl (C=O) groups is 1. The predicted octanol–water partition coefficient (Wildman–Crippen LogP) is 0.958. The molecule has 1 N–H and O–H groups in total. The van der Waals surface area contributed by atoms with Crippen LogP contribution in [0.3, 0.4) is 0 Å². The van der Waals surface area contributed by atoms with Gasteiger partial charge >= 0.3 is 0 Å². The molecule has 2 aliphatic rings. The van der Waals surface area contributed by atoms with Crippen LogP contribution in [0.25, 0.3) is 0 Å². The Morgan fingerprint density at radius 1 is 1.16 bits per heavy atom. The van der Waals surface area contributed by atoms with Crippen molar-refractivity contribution in [2.24, 2.45) is 0 Å². The summed E-state index contributed by atoms with van der Waals surface area (Å²) in [4.78, 5) is 14.2. The van der Waals surface area contributed by atoms with E-state index in [1.165, 1.54) is 22.5 Å². The first kappa shape index (κ1) is 18.6. The number of likely N-dealkylation sites (tertiary alicyclic amines) is 1. The molecule has 25 heavy (non-hydrogen) atoms. The van der Waals surface area contributed by atoms with Crippen LogP contribution < -0.4 is 0 Å². The van der Waals surface area contributed by atoms with Gasteiger partial charge in [-0.05, 0) is 31.0 Å². The minimum Gasteiger partial charge on any atom is -0.393 e. The van der Waals surface area contributed by atoms with Crippen molar-refractivity contribution in [3.8, 4) is 0 Å². The smallest absolute Gasteiger partial charge is 0.253 e. The van der Waals surface area contributed by atoms with Gasteiger partial charge in [-0.15, -0.1) is 0 Å². The molecule has 1 aromatic rings. The Morgan fingerprint density at radius 2 is 1.80 bits per heavy atom. The Kier molecular flexibility index (Phi) is 5.65. The molecule has 0 aromatic heterocycles. The molecule has 2 fully saturated rings. The van der Waals surface area contributed by atoms with Gasteiger partial charge in [0.1, 0.15) is 4.90 Å². The van der Waals surface area contributed by atoms with Crippen molar-refractivity contribution in [2.75, 3.05) is 39.4 Å². The number of rotatable bonds is 3. The van der Waals surface area contributed by atoms with Crippen LogP contribution in [0.4, 0.5) is 0 Å². The summed E-state index contributed by atoms with van der Waals surface area (Å²) in [6.45, 7) is 2.11. The van der Waals surface area contributed by atoms with Crippen molar-refractivity contribution in [1.29, 1.82) is 0 Å². The van der Waals surface area contributed by atoms with Gasteiger partial charge in [0.15, 0.2) is 0 Å². The van der Waals surface area contributed by atoms with Crippen molar-refractivity contribution in [3.63, 3.8) is 0 Å². The lowest BCUT2D eigenvalue weighted by atomic mass is 10.1. The van der Waals surface area contributed by atoms with E-state index in [-0.39, 0.29) is 40.6 Å². The number of hydrogen-bond acceptors (Lipinski definition) is 5. The molecule has 0 saturated carbocycles. The second-order valence-corrected chi connectivity index (χ2v) is 8.50. The van der Waals surface area contributed by atoms with E-state index in [1.807, 2.05) is 0 Å². The summed E-state index contributed by atoms with van der Waals surface area (Å²) < 4.78 is 32.2. The fourth-order valence-electron chi connectivity index (χ4n) is 3.01. The maximum absolute atomic E-state index is 12.8. The molecule has 2 heterocycles. The average molecular weight is 389 g/mol. The van der Waals surface area contributed by atoms with E-state index < -0.39 is 10.0 Å². The van der Waals surface area contributed by atoms with Crippen LogP contribution in [0.2, 0.25) is 5.02 Å². The Hall–Kier alpha value is -1.19. The number of morpholine rings is 1. The third-order valence-electron chi connectivity index (χ3n) is 4.52. The van der Waals surface area contributed by atoms with Gasteiger partial charge in [0, 0.05) is 31.7 Å². The fraction of sp³-hybridized carbons (Fsp3) is 0.562. The van der Waals surface area contributed by atoms with Crippen LogP contribution >= 0.6 is 11.6 Å². The summed E-state index contributed by atoms with van der Waals surface area (Å²) in [5.74, 6) is -0.248. The average Bonchev–Trinajstić information content (AvgIpc) is 2.63. The van der Waals surface area contributed by atoms with Crippen LogP contribution in [0.1, 0.15) is 23.2 Å². The van der Waals surface area contributed by atoms with Crippen molar-refractivity contribution < 1.29 is 23.1 Å². The highest BCUT2D eigenvalue weighted by atomic mass is 35.5. The fourth-order valence-corrected chi connectivity index (χ4v) is 4.92. The number of sulfonamides is 1. The Balaban J connectivity index is 1.86. The molecule has 0 aliphatic carbocycles. The number of halogens is 1. The summed E-state index contributed by atoms with van der Waals surface area (Å²) in [6.07, 6.45) is 0.669. The molecule has 2 saturated heterocycles. The Morgan fingerprint density at radius 3 is 2.44 bits per heavy atom. The minimum absolute atomic E-state index is 0.0565. The number of hydrogen-bond donors (Lipinski definition) is 1. The lowest BCUT2D eigenvalue weighted by Crippen LogP contribution is -2.41. The van der Waals surface area contributed by atoms with Gasteiger partial charge in [-0.25, -0.2) is 8.42 Å². The van der Waals surface area contributed by atoms with Crippen LogP contribution in [-0.2, 0) is 14.8 Å². The van der Waals surface area contributed by atoms with Crippen molar-refractivity contribution in [1.82, 2.24) is 9.21 Å². The monoisotopic (exact) mass is 388 g/mol. The van der Waals surface area contributed by atoms with Gasteiger partial charge in [-0.2, -0.15) is 4.31 Å². The van der Waals surface area contributed by atoms with Crippen molar-refractivity contribution >= 4 is 27.5 Å². The molecule has 3 rings (SSSR count). The van der Waals surface area contributed by atoms with E-state index in [2.05, 4.69) is 0 Å². The van der Waals surface area contributed by atoms with Gasteiger partial charge < -0.3 is 14.7 Å². The number of piperidine rings is 1. The van der Waals surface area contributed by atoms with Gasteiger partial charge in [-0.1, -0.05) is 11.6 Å². The van der Waals surface area contributed by atoms with Gasteiger partial charge in [-0.3, -0.25) is 4.79 Å². The van der Waals surface area contributed by atoms with Gasteiger partial charge in [0.25, 0.3) is 5.91 Å². The number of amides is 1. The summed E-state index contributed by atoms with van der Waals surface area (Å²) in [7, 11) is -3.78. The van der Waals surface area contributed by atoms with Crippen molar-refractivity contribution in [3.05, 3.63) is 28.8 Å². The van der Waals surface area contributed by atoms with Gasteiger partial charge in [0.2, 0.25) is 10.0 Å². The zero-order valence-corrected chi connectivity index (χ0v) is 15.3. The quantitative estimate of drug-likeness (QED) is 0.833. The molecule has 0 radical (unpaired) electrons. The second-order valence-electron chi connectivity index (χ2n) is 6.19. The lowest BCUT2D eigenvalue weighted by Gasteiger charge is -2.30. The molecule has 0 bridgehead atoms. The number of carbonyl (C=O) groups excluding carboxylic acids is 1.